The van der Waals surface area contributed by atoms with Gasteiger partial charge in [-0.2, -0.15) is 0 Å². The number of esters is 1. The topological polar surface area (TPSA) is 69.7 Å². The molecule has 0 radical (unpaired) electrons. The molecule has 146 valence electrons. The number of allylic oxidation sites excluding steroid dienone is 5. The predicted molar refractivity (Wildman–Crippen MR) is 103 cm³/mol. The fraction of sp³-hybridized carbons (Fsp3) is 0.476. The van der Waals surface area contributed by atoms with Crippen LogP contribution in [0.1, 0.15) is 41.0 Å². The number of hydrogen-bond acceptors (Lipinski definition) is 5. The molecule has 0 fully saturated rings. The molecule has 6 heteroatoms. The number of ether oxygens (including phenoxy) is 2. The Balaban J connectivity index is 2.34. The monoisotopic (exact) mass is 392 g/mol. The highest BCUT2D eigenvalue weighted by Gasteiger charge is 2.54. The standard InChI is InChI=1S/C21H25ClO5/c1-6-12(2)9-13(3)7-8-15-10-16-17(11-26-15)19(24)21(5,27-14(4)23)20(25)18(16)22/h7-10,12,17H,6,11H2,1-5H3/b8-7+,13-9+/t12-,17+,21-/m1/s1. The van der Waals surface area contributed by atoms with Gasteiger partial charge in [-0.3, -0.25) is 14.4 Å². The summed E-state index contributed by atoms with van der Waals surface area (Å²) in [5.41, 5.74) is -0.405. The van der Waals surface area contributed by atoms with Gasteiger partial charge in [0.15, 0.2) is 5.78 Å². The van der Waals surface area contributed by atoms with Crippen LogP contribution < -0.4 is 0 Å². The second-order valence-electron chi connectivity index (χ2n) is 7.13. The zero-order valence-corrected chi connectivity index (χ0v) is 17.1. The molecule has 5 nitrogen and oxygen atoms in total. The maximum absolute atomic E-state index is 12.8. The van der Waals surface area contributed by atoms with Crippen molar-refractivity contribution in [2.75, 3.05) is 6.61 Å². The number of carbonyl (C=O) groups is 3. The van der Waals surface area contributed by atoms with Gasteiger partial charge in [0.1, 0.15) is 12.4 Å². The van der Waals surface area contributed by atoms with Gasteiger partial charge < -0.3 is 9.47 Å². The van der Waals surface area contributed by atoms with Crippen molar-refractivity contribution in [3.63, 3.8) is 0 Å². The third-order valence-corrected chi connectivity index (χ3v) is 5.20. The molecule has 2 aliphatic rings. The van der Waals surface area contributed by atoms with Crippen molar-refractivity contribution in [1.82, 2.24) is 0 Å². The van der Waals surface area contributed by atoms with E-state index in [2.05, 4.69) is 19.9 Å². The molecule has 0 aromatic carbocycles. The van der Waals surface area contributed by atoms with Gasteiger partial charge in [0, 0.05) is 6.92 Å². The van der Waals surface area contributed by atoms with Crippen LogP contribution >= 0.6 is 11.6 Å². The number of hydrogen-bond donors (Lipinski definition) is 0. The Hall–Kier alpha value is -2.14. The minimum atomic E-state index is -1.91. The van der Waals surface area contributed by atoms with E-state index >= 15 is 0 Å². The highest BCUT2D eigenvalue weighted by Crippen LogP contribution is 2.39. The van der Waals surface area contributed by atoms with Gasteiger partial charge >= 0.3 is 5.97 Å². The lowest BCUT2D eigenvalue weighted by molar-refractivity contribution is -0.171. The van der Waals surface area contributed by atoms with Gasteiger partial charge in [-0.1, -0.05) is 49.6 Å². The van der Waals surface area contributed by atoms with E-state index in [-0.39, 0.29) is 11.6 Å². The first-order valence-corrected chi connectivity index (χ1v) is 9.37. The van der Waals surface area contributed by atoms with Gasteiger partial charge in [0.25, 0.3) is 0 Å². The second kappa shape index (κ2) is 8.26. The van der Waals surface area contributed by atoms with Crippen LogP contribution in [0.25, 0.3) is 0 Å². The maximum Gasteiger partial charge on any atom is 0.304 e. The average molecular weight is 393 g/mol. The molecular weight excluding hydrogens is 368 g/mol. The molecular formula is C21H25ClO5. The lowest BCUT2D eigenvalue weighted by Crippen LogP contribution is -2.55. The highest BCUT2D eigenvalue weighted by molar-refractivity contribution is 6.47. The van der Waals surface area contributed by atoms with Gasteiger partial charge in [0.2, 0.25) is 11.4 Å². The number of Topliss-reactive ketones (excluding diaryl/α,β-unsaturated/α-hetero) is 2. The summed E-state index contributed by atoms with van der Waals surface area (Å²) in [4.78, 5) is 36.7. The Morgan fingerprint density at radius 2 is 2.11 bits per heavy atom. The van der Waals surface area contributed by atoms with E-state index in [4.69, 9.17) is 21.1 Å². The Morgan fingerprint density at radius 1 is 1.44 bits per heavy atom. The number of carbonyl (C=O) groups excluding carboxylic acids is 3. The summed E-state index contributed by atoms with van der Waals surface area (Å²) in [7, 11) is 0. The van der Waals surface area contributed by atoms with E-state index in [9.17, 15) is 14.4 Å². The van der Waals surface area contributed by atoms with E-state index in [1.807, 2.05) is 13.0 Å². The van der Waals surface area contributed by atoms with E-state index in [1.54, 1.807) is 12.2 Å². The Labute approximate surface area is 164 Å². The van der Waals surface area contributed by atoms with Crippen molar-refractivity contribution in [1.29, 1.82) is 0 Å². The summed E-state index contributed by atoms with van der Waals surface area (Å²) in [5, 5.41) is -0.0931. The van der Waals surface area contributed by atoms with Crippen LogP contribution in [0.3, 0.4) is 0 Å². The molecule has 0 saturated heterocycles. The molecule has 2 rings (SSSR count). The Kier molecular flexibility index (Phi) is 6.47. The first kappa shape index (κ1) is 21.2. The average Bonchev–Trinajstić information content (AvgIpc) is 2.62. The van der Waals surface area contributed by atoms with Crippen molar-refractivity contribution >= 4 is 29.1 Å². The zero-order chi connectivity index (χ0) is 20.4. The number of fused-ring (bicyclic) bond motifs is 1. The summed E-state index contributed by atoms with van der Waals surface area (Å²) in [6, 6.07) is 0. The van der Waals surface area contributed by atoms with Crippen LogP contribution in [0.4, 0.5) is 0 Å². The molecule has 0 N–H and O–H groups in total. The molecule has 27 heavy (non-hydrogen) atoms. The fourth-order valence-electron chi connectivity index (χ4n) is 3.10. The molecule has 0 bridgehead atoms. The minimum absolute atomic E-state index is 0.0405. The molecule has 0 amide bonds. The van der Waals surface area contributed by atoms with Gasteiger partial charge in [-0.15, -0.1) is 0 Å². The molecule has 1 heterocycles. The molecule has 3 atom stereocenters. The Bertz CT molecular complexity index is 786. The minimum Gasteiger partial charge on any atom is -0.492 e. The number of rotatable bonds is 5. The van der Waals surface area contributed by atoms with Crippen LogP contribution in [0.15, 0.2) is 46.2 Å². The van der Waals surface area contributed by atoms with Gasteiger partial charge in [-0.05, 0) is 37.5 Å². The van der Waals surface area contributed by atoms with Crippen LogP contribution in [0.5, 0.6) is 0 Å². The normalized spacial score (nSPS) is 27.3. The SMILES string of the molecule is CC[C@@H](C)/C=C(C)/C=C/C1=CC2=C(Cl)C(=O)[C@](C)(OC(C)=O)C(=O)[C@H]2CO1. The molecule has 1 aliphatic carbocycles. The summed E-state index contributed by atoms with van der Waals surface area (Å²) in [6.07, 6.45) is 8.53. The second-order valence-corrected chi connectivity index (χ2v) is 7.51. The summed E-state index contributed by atoms with van der Waals surface area (Å²) < 4.78 is 10.7. The molecule has 0 unspecified atom stereocenters. The summed E-state index contributed by atoms with van der Waals surface area (Å²) in [5.74, 6) is -1.68. The van der Waals surface area contributed by atoms with Crippen LogP contribution in [0.2, 0.25) is 0 Å². The summed E-state index contributed by atoms with van der Waals surface area (Å²) in [6.45, 7) is 8.73. The third-order valence-electron chi connectivity index (χ3n) is 4.81. The summed E-state index contributed by atoms with van der Waals surface area (Å²) >= 11 is 6.24. The van der Waals surface area contributed by atoms with Crippen LogP contribution in [-0.4, -0.2) is 29.7 Å². The molecule has 1 aliphatic heterocycles. The largest absolute Gasteiger partial charge is 0.492 e. The van der Waals surface area contributed by atoms with E-state index in [1.165, 1.54) is 6.92 Å². The van der Waals surface area contributed by atoms with Gasteiger partial charge in [0.05, 0.1) is 11.0 Å². The quantitative estimate of drug-likeness (QED) is 0.401. The smallest absolute Gasteiger partial charge is 0.304 e. The van der Waals surface area contributed by atoms with E-state index in [0.717, 1.165) is 18.9 Å². The predicted octanol–water partition coefficient (Wildman–Crippen LogP) is 4.03. The number of ketones is 2. The van der Waals surface area contributed by atoms with Crippen molar-refractivity contribution in [3.05, 3.63) is 46.2 Å². The third kappa shape index (κ3) is 4.41. The zero-order valence-electron chi connectivity index (χ0n) is 16.3. The van der Waals surface area contributed by atoms with E-state index in [0.29, 0.717) is 17.3 Å². The van der Waals surface area contributed by atoms with Crippen molar-refractivity contribution in [2.45, 2.75) is 46.6 Å². The van der Waals surface area contributed by atoms with E-state index < -0.39 is 29.1 Å². The lowest BCUT2D eigenvalue weighted by Gasteiger charge is -2.36. The van der Waals surface area contributed by atoms with Crippen LogP contribution in [0, 0.1) is 11.8 Å². The molecule has 0 aromatic rings. The number of halogens is 1. The fourth-order valence-corrected chi connectivity index (χ4v) is 3.47. The van der Waals surface area contributed by atoms with Crippen molar-refractivity contribution in [2.24, 2.45) is 11.8 Å². The van der Waals surface area contributed by atoms with Crippen molar-refractivity contribution in [3.8, 4) is 0 Å². The first-order chi connectivity index (χ1) is 12.6. The van der Waals surface area contributed by atoms with Crippen LogP contribution in [-0.2, 0) is 23.9 Å². The van der Waals surface area contributed by atoms with Crippen molar-refractivity contribution < 1.29 is 23.9 Å². The van der Waals surface area contributed by atoms with Gasteiger partial charge in [-0.25, -0.2) is 0 Å². The highest BCUT2D eigenvalue weighted by atomic mass is 35.5. The Morgan fingerprint density at radius 3 is 2.70 bits per heavy atom. The first-order valence-electron chi connectivity index (χ1n) is 8.99. The molecule has 0 aromatic heterocycles. The molecule has 0 spiro atoms. The lowest BCUT2D eigenvalue weighted by atomic mass is 9.76. The molecule has 0 saturated carbocycles. The maximum atomic E-state index is 12.8.